The highest BCUT2D eigenvalue weighted by molar-refractivity contribution is 5.60. The van der Waals surface area contributed by atoms with E-state index in [0.717, 1.165) is 37.4 Å². The maximum atomic E-state index is 10.1. The lowest BCUT2D eigenvalue weighted by atomic mass is 9.96. The fourth-order valence-corrected chi connectivity index (χ4v) is 2.34. The summed E-state index contributed by atoms with van der Waals surface area (Å²) in [4.78, 5) is 4.67. The van der Waals surface area contributed by atoms with E-state index in [4.69, 9.17) is 5.73 Å². The van der Waals surface area contributed by atoms with Crippen LogP contribution in [0, 0.1) is 0 Å². The SMILES string of the molecule is CN1CCN(c2ccc(N)c(C(C)(C)O)c2)CC1. The summed E-state index contributed by atoms with van der Waals surface area (Å²) in [5, 5.41) is 10.1. The molecule has 2 rings (SSSR count). The third kappa shape index (κ3) is 2.76. The quantitative estimate of drug-likeness (QED) is 0.775. The van der Waals surface area contributed by atoms with Crippen LogP contribution in [0.1, 0.15) is 19.4 Å². The summed E-state index contributed by atoms with van der Waals surface area (Å²) in [6, 6.07) is 5.94. The van der Waals surface area contributed by atoms with Gasteiger partial charge in [-0.15, -0.1) is 0 Å². The number of hydrogen-bond acceptors (Lipinski definition) is 4. The Hall–Kier alpha value is -1.26. The van der Waals surface area contributed by atoms with Crippen LogP contribution in [-0.4, -0.2) is 43.2 Å². The molecular weight excluding hydrogens is 226 g/mol. The topological polar surface area (TPSA) is 52.7 Å². The van der Waals surface area contributed by atoms with Gasteiger partial charge < -0.3 is 20.6 Å². The Morgan fingerprint density at radius 1 is 1.17 bits per heavy atom. The van der Waals surface area contributed by atoms with Gasteiger partial charge in [-0.05, 0) is 39.1 Å². The summed E-state index contributed by atoms with van der Waals surface area (Å²) in [6.07, 6.45) is 0. The molecule has 0 spiro atoms. The van der Waals surface area contributed by atoms with Gasteiger partial charge in [0.1, 0.15) is 0 Å². The summed E-state index contributed by atoms with van der Waals surface area (Å²) in [5.41, 5.74) is 7.65. The van der Waals surface area contributed by atoms with Crippen molar-refractivity contribution in [2.75, 3.05) is 43.9 Å². The molecule has 1 aliphatic rings. The lowest BCUT2D eigenvalue weighted by molar-refractivity contribution is 0.0794. The Labute approximate surface area is 109 Å². The second-order valence-electron chi connectivity index (χ2n) is 5.62. The average Bonchev–Trinajstić information content (AvgIpc) is 2.29. The van der Waals surface area contributed by atoms with E-state index in [1.54, 1.807) is 13.8 Å². The number of rotatable bonds is 2. The predicted molar refractivity (Wildman–Crippen MR) is 75.8 cm³/mol. The van der Waals surface area contributed by atoms with Crippen LogP contribution < -0.4 is 10.6 Å². The molecule has 0 radical (unpaired) electrons. The van der Waals surface area contributed by atoms with Crippen LogP contribution >= 0.6 is 0 Å². The zero-order valence-electron chi connectivity index (χ0n) is 11.5. The fourth-order valence-electron chi connectivity index (χ4n) is 2.34. The second-order valence-corrected chi connectivity index (χ2v) is 5.62. The van der Waals surface area contributed by atoms with E-state index in [0.29, 0.717) is 5.69 Å². The van der Waals surface area contributed by atoms with E-state index in [9.17, 15) is 5.11 Å². The Bertz CT molecular complexity index is 418. The molecule has 0 amide bonds. The van der Waals surface area contributed by atoms with E-state index in [1.165, 1.54) is 0 Å². The molecule has 0 bridgehead atoms. The molecule has 1 aromatic carbocycles. The predicted octanol–water partition coefficient (Wildman–Crippen LogP) is 1.25. The smallest absolute Gasteiger partial charge is 0.0861 e. The van der Waals surface area contributed by atoms with E-state index < -0.39 is 5.60 Å². The number of benzene rings is 1. The maximum absolute atomic E-state index is 10.1. The van der Waals surface area contributed by atoms with Crippen molar-refractivity contribution in [2.45, 2.75) is 19.4 Å². The van der Waals surface area contributed by atoms with Crippen molar-refractivity contribution < 1.29 is 5.11 Å². The van der Waals surface area contributed by atoms with Gasteiger partial charge in [-0.1, -0.05) is 0 Å². The number of nitrogen functional groups attached to an aromatic ring is 1. The van der Waals surface area contributed by atoms with Gasteiger partial charge in [0.05, 0.1) is 5.60 Å². The Morgan fingerprint density at radius 3 is 2.33 bits per heavy atom. The number of hydrogen-bond donors (Lipinski definition) is 2. The average molecular weight is 249 g/mol. The van der Waals surface area contributed by atoms with Gasteiger partial charge in [-0.25, -0.2) is 0 Å². The van der Waals surface area contributed by atoms with Gasteiger partial charge in [0.25, 0.3) is 0 Å². The third-order valence-corrected chi connectivity index (χ3v) is 3.56. The van der Waals surface area contributed by atoms with Gasteiger partial charge in [0.15, 0.2) is 0 Å². The minimum absolute atomic E-state index is 0.653. The third-order valence-electron chi connectivity index (χ3n) is 3.56. The highest BCUT2D eigenvalue weighted by Crippen LogP contribution is 2.30. The van der Waals surface area contributed by atoms with Crippen molar-refractivity contribution >= 4 is 11.4 Å². The molecule has 1 aliphatic heterocycles. The lowest BCUT2D eigenvalue weighted by Gasteiger charge is -2.35. The molecule has 3 N–H and O–H groups in total. The molecule has 4 heteroatoms. The summed E-state index contributed by atoms with van der Waals surface area (Å²) in [6.45, 7) is 7.72. The van der Waals surface area contributed by atoms with E-state index in [-0.39, 0.29) is 0 Å². The molecule has 1 aromatic rings. The molecule has 18 heavy (non-hydrogen) atoms. The summed E-state index contributed by atoms with van der Waals surface area (Å²) in [7, 11) is 2.14. The van der Waals surface area contributed by atoms with Crippen LogP contribution in [0.2, 0.25) is 0 Å². The Morgan fingerprint density at radius 2 is 1.78 bits per heavy atom. The summed E-state index contributed by atoms with van der Waals surface area (Å²) >= 11 is 0. The van der Waals surface area contributed by atoms with Crippen molar-refractivity contribution in [3.63, 3.8) is 0 Å². The van der Waals surface area contributed by atoms with Crippen molar-refractivity contribution in [3.8, 4) is 0 Å². The monoisotopic (exact) mass is 249 g/mol. The molecule has 1 heterocycles. The Balaban J connectivity index is 2.24. The van der Waals surface area contributed by atoms with E-state index in [1.807, 2.05) is 18.2 Å². The van der Waals surface area contributed by atoms with Crippen molar-refractivity contribution in [1.29, 1.82) is 0 Å². The molecule has 0 aromatic heterocycles. The lowest BCUT2D eigenvalue weighted by Crippen LogP contribution is -2.44. The second kappa shape index (κ2) is 4.78. The molecule has 0 unspecified atom stereocenters. The largest absolute Gasteiger partial charge is 0.398 e. The molecule has 1 fully saturated rings. The highest BCUT2D eigenvalue weighted by atomic mass is 16.3. The van der Waals surface area contributed by atoms with Crippen LogP contribution in [0.15, 0.2) is 18.2 Å². The van der Waals surface area contributed by atoms with Gasteiger partial charge in [0.2, 0.25) is 0 Å². The number of anilines is 2. The maximum Gasteiger partial charge on any atom is 0.0861 e. The standard InChI is InChI=1S/C14H23N3O/c1-14(2,18)12-10-11(4-5-13(12)15)17-8-6-16(3)7-9-17/h4-5,10,18H,6-9,15H2,1-3H3. The fraction of sp³-hybridized carbons (Fsp3) is 0.571. The normalized spacial score (nSPS) is 18.1. The van der Waals surface area contributed by atoms with Crippen LogP contribution in [0.25, 0.3) is 0 Å². The Kier molecular flexibility index (Phi) is 3.50. The molecule has 0 atom stereocenters. The number of nitrogens with two attached hydrogens (primary N) is 1. The van der Waals surface area contributed by atoms with Crippen LogP contribution in [0.4, 0.5) is 11.4 Å². The molecular formula is C14H23N3O. The molecule has 1 saturated heterocycles. The van der Waals surface area contributed by atoms with Gasteiger partial charge >= 0.3 is 0 Å². The van der Waals surface area contributed by atoms with Crippen molar-refractivity contribution in [3.05, 3.63) is 23.8 Å². The van der Waals surface area contributed by atoms with Gasteiger partial charge in [0, 0.05) is 43.1 Å². The first-order valence-corrected chi connectivity index (χ1v) is 6.44. The van der Waals surface area contributed by atoms with Crippen molar-refractivity contribution in [2.24, 2.45) is 0 Å². The molecule has 0 saturated carbocycles. The van der Waals surface area contributed by atoms with Gasteiger partial charge in [-0.3, -0.25) is 0 Å². The van der Waals surface area contributed by atoms with Crippen molar-refractivity contribution in [1.82, 2.24) is 4.90 Å². The van der Waals surface area contributed by atoms with E-state index >= 15 is 0 Å². The zero-order valence-corrected chi connectivity index (χ0v) is 11.5. The minimum atomic E-state index is -0.896. The number of likely N-dealkylation sites (N-methyl/N-ethyl adjacent to an activating group) is 1. The molecule has 0 aliphatic carbocycles. The number of aliphatic hydroxyl groups is 1. The zero-order chi connectivity index (χ0) is 13.3. The number of piperazine rings is 1. The minimum Gasteiger partial charge on any atom is -0.398 e. The van der Waals surface area contributed by atoms with Gasteiger partial charge in [-0.2, -0.15) is 0 Å². The first-order valence-electron chi connectivity index (χ1n) is 6.44. The first kappa shape index (κ1) is 13.2. The van der Waals surface area contributed by atoms with Crippen LogP contribution in [0.3, 0.4) is 0 Å². The van der Waals surface area contributed by atoms with Crippen LogP contribution in [0.5, 0.6) is 0 Å². The highest BCUT2D eigenvalue weighted by Gasteiger charge is 2.21. The van der Waals surface area contributed by atoms with Crippen LogP contribution in [-0.2, 0) is 5.60 Å². The molecule has 100 valence electrons. The summed E-state index contributed by atoms with van der Waals surface area (Å²) < 4.78 is 0. The molecule has 4 nitrogen and oxygen atoms in total. The summed E-state index contributed by atoms with van der Waals surface area (Å²) in [5.74, 6) is 0. The number of nitrogens with zero attached hydrogens (tertiary/aromatic N) is 2. The first-order chi connectivity index (χ1) is 8.38. The van der Waals surface area contributed by atoms with E-state index in [2.05, 4.69) is 16.8 Å².